The fraction of sp³-hybridized carbons (Fsp3) is 0.143. The molecule has 0 radical (unpaired) electrons. The van der Waals surface area contributed by atoms with E-state index in [1.807, 2.05) is 30.3 Å². The summed E-state index contributed by atoms with van der Waals surface area (Å²) < 4.78 is 13.7. The molecule has 5 aromatic heterocycles. The largest absolute Gasteiger partial charge is 0.358 e. The molecule has 0 saturated heterocycles. The van der Waals surface area contributed by atoms with Crippen LogP contribution < -0.4 is 5.32 Å². The number of aromatic nitrogens is 6. The molecular weight excluding hydrogens is 485 g/mol. The van der Waals surface area contributed by atoms with E-state index in [-0.39, 0.29) is 10.5 Å². The van der Waals surface area contributed by atoms with Gasteiger partial charge < -0.3 is 10.3 Å². The number of allylic oxidation sites excluding steroid dienone is 1. The molecule has 1 aromatic carbocycles. The Morgan fingerprint density at radius 3 is 2.70 bits per heavy atom. The van der Waals surface area contributed by atoms with Gasteiger partial charge in [0.25, 0.3) is 0 Å². The van der Waals surface area contributed by atoms with Crippen LogP contribution in [0.3, 0.4) is 0 Å². The number of H-pyrrole nitrogens is 2. The maximum absolute atomic E-state index is 13.7. The highest BCUT2D eigenvalue weighted by molar-refractivity contribution is 7.14. The molecule has 0 aliphatic heterocycles. The van der Waals surface area contributed by atoms with Crippen LogP contribution in [0.1, 0.15) is 20.8 Å². The lowest BCUT2D eigenvalue weighted by Crippen LogP contribution is -2.15. The van der Waals surface area contributed by atoms with E-state index >= 15 is 0 Å². The van der Waals surface area contributed by atoms with Crippen molar-refractivity contribution in [2.45, 2.75) is 20.8 Å². The zero-order valence-corrected chi connectivity index (χ0v) is 21.4. The first kappa shape index (κ1) is 23.1. The number of anilines is 1. The minimum atomic E-state index is -0.224. The third-order valence-corrected chi connectivity index (χ3v) is 7.16. The Morgan fingerprint density at radius 1 is 1.05 bits per heavy atom. The second-order valence-corrected chi connectivity index (χ2v) is 10.9. The van der Waals surface area contributed by atoms with Crippen LogP contribution in [0, 0.1) is 10.5 Å². The fourth-order valence-corrected chi connectivity index (χ4v) is 4.82. The van der Waals surface area contributed by atoms with Gasteiger partial charge in [0, 0.05) is 38.7 Å². The SMILES string of the molecule is C=C(Nc1cncc(-c2cc3c(-c4nc5c(-c6ccc(F)s6)cccc5[nH]4)n[nH]c3cn2)c1)C(C)(C)C. The van der Waals surface area contributed by atoms with Gasteiger partial charge in [-0.15, -0.1) is 11.3 Å². The number of imidazole rings is 1. The Bertz CT molecular complexity index is 1790. The van der Waals surface area contributed by atoms with Crippen molar-refractivity contribution in [1.29, 1.82) is 0 Å². The number of aromatic amines is 2. The number of nitrogens with one attached hydrogen (secondary N) is 3. The highest BCUT2D eigenvalue weighted by Gasteiger charge is 2.18. The predicted molar refractivity (Wildman–Crippen MR) is 148 cm³/mol. The second-order valence-electron chi connectivity index (χ2n) is 9.89. The summed E-state index contributed by atoms with van der Waals surface area (Å²) in [4.78, 5) is 18.1. The Morgan fingerprint density at radius 2 is 1.92 bits per heavy atom. The fourth-order valence-electron chi connectivity index (χ4n) is 4.07. The molecule has 3 N–H and O–H groups in total. The number of thiophene rings is 1. The minimum absolute atomic E-state index is 0.0804. The normalized spacial score (nSPS) is 11.9. The van der Waals surface area contributed by atoms with Crippen LogP contribution in [-0.4, -0.2) is 30.1 Å². The van der Waals surface area contributed by atoms with Gasteiger partial charge >= 0.3 is 0 Å². The molecule has 5 heterocycles. The smallest absolute Gasteiger partial charge is 0.176 e. The van der Waals surface area contributed by atoms with Gasteiger partial charge in [0.2, 0.25) is 0 Å². The van der Waals surface area contributed by atoms with Gasteiger partial charge in [-0.1, -0.05) is 39.5 Å². The van der Waals surface area contributed by atoms with E-state index in [9.17, 15) is 4.39 Å². The number of benzene rings is 1. The standard InChI is InChI=1S/C28H24FN7S/c1-15(28(2,3)4)32-17-10-16(12-30-13-17)21-11-19-22(14-31-21)35-36-26(19)27-33-20-7-5-6-18(25(20)34-27)23-8-9-24(29)37-23/h5-14,32H,1H2,2-4H3,(H,33,34)(H,35,36). The summed E-state index contributed by atoms with van der Waals surface area (Å²) in [6.45, 7) is 10.5. The van der Waals surface area contributed by atoms with E-state index in [1.54, 1.807) is 24.7 Å². The molecule has 184 valence electrons. The number of halogens is 1. The first-order chi connectivity index (χ1) is 17.8. The summed E-state index contributed by atoms with van der Waals surface area (Å²) >= 11 is 1.10. The number of rotatable bonds is 5. The van der Waals surface area contributed by atoms with Crippen LogP contribution in [0.25, 0.3) is 55.2 Å². The van der Waals surface area contributed by atoms with Crippen molar-refractivity contribution >= 4 is 39.0 Å². The van der Waals surface area contributed by atoms with E-state index in [0.717, 1.165) is 66.4 Å². The maximum atomic E-state index is 13.7. The van der Waals surface area contributed by atoms with Gasteiger partial charge in [-0.05, 0) is 30.3 Å². The van der Waals surface area contributed by atoms with Gasteiger partial charge in [0.1, 0.15) is 5.69 Å². The highest BCUT2D eigenvalue weighted by atomic mass is 32.1. The average molecular weight is 510 g/mol. The van der Waals surface area contributed by atoms with Gasteiger partial charge in [-0.2, -0.15) is 9.49 Å². The highest BCUT2D eigenvalue weighted by Crippen LogP contribution is 2.35. The molecule has 0 atom stereocenters. The monoisotopic (exact) mass is 509 g/mol. The zero-order chi connectivity index (χ0) is 25.7. The quantitative estimate of drug-likeness (QED) is 0.225. The molecular formula is C28H24FN7S. The molecule has 9 heteroatoms. The van der Waals surface area contributed by atoms with Crippen LogP contribution >= 0.6 is 11.3 Å². The minimum Gasteiger partial charge on any atom is -0.358 e. The number of para-hydroxylation sites is 1. The van der Waals surface area contributed by atoms with Crippen LogP contribution in [0.15, 0.2) is 73.3 Å². The number of hydrogen-bond acceptors (Lipinski definition) is 6. The van der Waals surface area contributed by atoms with Gasteiger partial charge in [-0.3, -0.25) is 15.1 Å². The van der Waals surface area contributed by atoms with Gasteiger partial charge in [0.05, 0.1) is 40.3 Å². The predicted octanol–water partition coefficient (Wildman–Crippen LogP) is 7.40. The second kappa shape index (κ2) is 8.63. The van der Waals surface area contributed by atoms with Crippen molar-refractivity contribution in [3.8, 4) is 33.2 Å². The molecule has 6 rings (SSSR count). The number of pyridine rings is 2. The Hall–Kier alpha value is -4.37. The molecule has 0 amide bonds. The van der Waals surface area contributed by atoms with Crippen molar-refractivity contribution in [2.24, 2.45) is 5.41 Å². The van der Waals surface area contributed by atoms with E-state index < -0.39 is 0 Å². The maximum Gasteiger partial charge on any atom is 0.176 e. The molecule has 0 aliphatic rings. The molecule has 0 saturated carbocycles. The third kappa shape index (κ3) is 4.27. The van der Waals surface area contributed by atoms with E-state index in [1.165, 1.54) is 6.07 Å². The molecule has 0 aliphatic carbocycles. The molecule has 0 spiro atoms. The van der Waals surface area contributed by atoms with Crippen LogP contribution in [0.4, 0.5) is 10.1 Å². The summed E-state index contributed by atoms with van der Waals surface area (Å²) in [5.74, 6) is 0.623. The van der Waals surface area contributed by atoms with E-state index in [0.29, 0.717) is 11.5 Å². The summed E-state index contributed by atoms with van der Waals surface area (Å²) in [6, 6.07) is 13.1. The lowest BCUT2D eigenvalue weighted by molar-refractivity contribution is 0.509. The Balaban J connectivity index is 1.40. The average Bonchev–Trinajstić information content (AvgIpc) is 3.60. The summed E-state index contributed by atoms with van der Waals surface area (Å²) in [5.41, 5.74) is 7.28. The zero-order valence-electron chi connectivity index (χ0n) is 20.6. The topological polar surface area (TPSA) is 95.2 Å². The van der Waals surface area contributed by atoms with Gasteiger partial charge in [-0.25, -0.2) is 4.98 Å². The van der Waals surface area contributed by atoms with Crippen molar-refractivity contribution < 1.29 is 4.39 Å². The molecule has 6 aromatic rings. The van der Waals surface area contributed by atoms with E-state index in [4.69, 9.17) is 4.98 Å². The van der Waals surface area contributed by atoms with Crippen molar-refractivity contribution in [1.82, 2.24) is 30.1 Å². The molecule has 7 nitrogen and oxygen atoms in total. The first-order valence-corrected chi connectivity index (χ1v) is 12.6. The number of nitrogens with zero attached hydrogens (tertiary/aromatic N) is 4. The number of fused-ring (bicyclic) bond motifs is 2. The van der Waals surface area contributed by atoms with Crippen molar-refractivity contribution in [3.63, 3.8) is 0 Å². The Kier molecular flexibility index (Phi) is 5.38. The van der Waals surface area contributed by atoms with Crippen LogP contribution in [-0.2, 0) is 0 Å². The lowest BCUT2D eigenvalue weighted by atomic mass is 9.93. The van der Waals surface area contributed by atoms with Crippen LogP contribution in [0.5, 0.6) is 0 Å². The van der Waals surface area contributed by atoms with Crippen molar-refractivity contribution in [2.75, 3.05) is 5.32 Å². The van der Waals surface area contributed by atoms with Gasteiger partial charge in [0.15, 0.2) is 11.0 Å². The Labute approximate surface area is 216 Å². The lowest BCUT2D eigenvalue weighted by Gasteiger charge is -2.23. The summed E-state index contributed by atoms with van der Waals surface area (Å²) in [7, 11) is 0. The molecule has 0 unspecified atom stereocenters. The first-order valence-electron chi connectivity index (χ1n) is 11.8. The van der Waals surface area contributed by atoms with E-state index in [2.05, 4.69) is 57.8 Å². The molecule has 37 heavy (non-hydrogen) atoms. The van der Waals surface area contributed by atoms with Crippen LogP contribution in [0.2, 0.25) is 0 Å². The summed E-state index contributed by atoms with van der Waals surface area (Å²) in [6.07, 6.45) is 5.32. The van der Waals surface area contributed by atoms with Crippen molar-refractivity contribution in [3.05, 3.63) is 78.5 Å². The molecule has 0 bridgehead atoms. The summed E-state index contributed by atoms with van der Waals surface area (Å²) in [5, 5.41) is 11.6. The third-order valence-electron chi connectivity index (χ3n) is 6.26. The number of hydrogen-bond donors (Lipinski definition) is 3. The molecule has 0 fully saturated rings.